The van der Waals surface area contributed by atoms with E-state index >= 15 is 0 Å². The second-order valence-electron chi connectivity index (χ2n) is 6.47. The Morgan fingerprint density at radius 1 is 0.762 bits per heavy atom. The number of Topliss-reactive ketones (excluding diaryl/α,β-unsaturated/α-hetero) is 1. The fourth-order valence-corrected chi connectivity index (χ4v) is 2.69. The van der Waals surface area contributed by atoms with Crippen LogP contribution in [0.15, 0.2) is 0 Å². The number of carbonyl (C=O) groups excluding carboxylic acids is 1. The van der Waals surface area contributed by atoms with E-state index in [4.69, 9.17) is 0 Å². The summed E-state index contributed by atoms with van der Waals surface area (Å²) >= 11 is 0. The molecule has 1 unspecified atom stereocenters. The molecule has 0 saturated heterocycles. The maximum Gasteiger partial charge on any atom is 0.149 e. The fourth-order valence-electron chi connectivity index (χ4n) is 2.69. The summed E-state index contributed by atoms with van der Waals surface area (Å²) < 4.78 is 0. The Labute approximate surface area is 133 Å². The summed E-state index contributed by atoms with van der Waals surface area (Å²) in [6.45, 7) is 4.22. The van der Waals surface area contributed by atoms with E-state index in [1.165, 1.54) is 77.0 Å². The minimum Gasteiger partial charge on any atom is -0.311 e. The van der Waals surface area contributed by atoms with Crippen LogP contribution in [0.5, 0.6) is 0 Å². The third-order valence-electron chi connectivity index (χ3n) is 4.44. The van der Waals surface area contributed by atoms with Crippen molar-refractivity contribution in [1.82, 2.24) is 5.32 Å². The van der Waals surface area contributed by atoms with E-state index in [2.05, 4.69) is 12.2 Å². The minimum absolute atomic E-state index is 0.0299. The van der Waals surface area contributed by atoms with E-state index in [0.29, 0.717) is 5.78 Å². The smallest absolute Gasteiger partial charge is 0.149 e. The van der Waals surface area contributed by atoms with Crippen LogP contribution >= 0.6 is 0 Å². The van der Waals surface area contributed by atoms with Gasteiger partial charge in [-0.3, -0.25) is 4.79 Å². The van der Waals surface area contributed by atoms with Crippen molar-refractivity contribution in [2.75, 3.05) is 7.05 Å². The first-order valence-electron chi connectivity index (χ1n) is 9.42. The van der Waals surface area contributed by atoms with Crippen LogP contribution < -0.4 is 5.32 Å². The van der Waals surface area contributed by atoms with Crippen LogP contribution in [0.3, 0.4) is 0 Å². The van der Waals surface area contributed by atoms with Gasteiger partial charge in [-0.25, -0.2) is 0 Å². The second kappa shape index (κ2) is 16.0. The molecule has 0 radical (unpaired) electrons. The summed E-state index contributed by atoms with van der Waals surface area (Å²) in [5.41, 5.74) is 0. The monoisotopic (exact) mass is 297 g/mol. The number of hydrogen-bond acceptors (Lipinski definition) is 2. The average molecular weight is 298 g/mol. The SMILES string of the molecule is CCCCCCCCCCCCCCCC(=O)C(C)NC. The van der Waals surface area contributed by atoms with Gasteiger partial charge in [-0.2, -0.15) is 0 Å². The van der Waals surface area contributed by atoms with Gasteiger partial charge >= 0.3 is 0 Å². The van der Waals surface area contributed by atoms with Gasteiger partial charge in [0.05, 0.1) is 6.04 Å². The highest BCUT2D eigenvalue weighted by Crippen LogP contribution is 2.13. The molecule has 0 bridgehead atoms. The van der Waals surface area contributed by atoms with Crippen LogP contribution in [0.1, 0.15) is 104 Å². The molecule has 21 heavy (non-hydrogen) atoms. The predicted molar refractivity (Wildman–Crippen MR) is 93.8 cm³/mol. The lowest BCUT2D eigenvalue weighted by molar-refractivity contribution is -0.120. The Hall–Kier alpha value is -0.370. The Bertz CT molecular complexity index is 228. The number of nitrogens with one attached hydrogen (secondary N) is 1. The van der Waals surface area contributed by atoms with Crippen molar-refractivity contribution in [3.63, 3.8) is 0 Å². The predicted octanol–water partition coefficient (Wildman–Crippen LogP) is 5.64. The summed E-state index contributed by atoms with van der Waals surface area (Å²) in [7, 11) is 1.85. The first-order chi connectivity index (χ1) is 10.2. The van der Waals surface area contributed by atoms with Gasteiger partial charge in [0.25, 0.3) is 0 Å². The molecule has 0 aromatic heterocycles. The van der Waals surface area contributed by atoms with Crippen LogP contribution in [0.25, 0.3) is 0 Å². The van der Waals surface area contributed by atoms with Crippen molar-refractivity contribution in [1.29, 1.82) is 0 Å². The molecule has 0 aliphatic heterocycles. The third-order valence-corrected chi connectivity index (χ3v) is 4.44. The molecule has 0 amide bonds. The van der Waals surface area contributed by atoms with E-state index < -0.39 is 0 Å². The number of carbonyl (C=O) groups is 1. The number of rotatable bonds is 16. The topological polar surface area (TPSA) is 29.1 Å². The number of ketones is 1. The van der Waals surface area contributed by atoms with Crippen molar-refractivity contribution in [2.45, 2.75) is 110 Å². The fraction of sp³-hybridized carbons (Fsp3) is 0.947. The summed E-state index contributed by atoms with van der Waals surface area (Å²) in [5, 5.41) is 3.01. The van der Waals surface area contributed by atoms with Crippen LogP contribution in [-0.2, 0) is 4.79 Å². The van der Waals surface area contributed by atoms with E-state index in [0.717, 1.165) is 12.8 Å². The van der Waals surface area contributed by atoms with Gasteiger partial charge in [0.1, 0.15) is 5.78 Å². The van der Waals surface area contributed by atoms with Gasteiger partial charge in [0, 0.05) is 6.42 Å². The van der Waals surface area contributed by atoms with E-state index in [9.17, 15) is 4.79 Å². The largest absolute Gasteiger partial charge is 0.311 e. The molecular weight excluding hydrogens is 258 g/mol. The van der Waals surface area contributed by atoms with Gasteiger partial charge in [-0.05, 0) is 20.4 Å². The standard InChI is InChI=1S/C19H39NO/c1-4-5-6-7-8-9-10-11-12-13-14-15-16-17-19(21)18(2)20-3/h18,20H,4-17H2,1-3H3. The maximum absolute atomic E-state index is 11.6. The number of unbranched alkanes of at least 4 members (excludes halogenated alkanes) is 12. The van der Waals surface area contributed by atoms with Crippen molar-refractivity contribution < 1.29 is 4.79 Å². The molecule has 2 heteroatoms. The summed E-state index contributed by atoms with van der Waals surface area (Å²) in [6, 6.07) is 0.0299. The molecule has 0 aromatic carbocycles. The lowest BCUT2D eigenvalue weighted by Gasteiger charge is -2.08. The summed E-state index contributed by atoms with van der Waals surface area (Å²) in [4.78, 5) is 11.6. The first kappa shape index (κ1) is 20.6. The average Bonchev–Trinajstić information content (AvgIpc) is 2.50. The Kier molecular flexibility index (Phi) is 15.7. The highest BCUT2D eigenvalue weighted by atomic mass is 16.1. The highest BCUT2D eigenvalue weighted by molar-refractivity contribution is 5.83. The highest BCUT2D eigenvalue weighted by Gasteiger charge is 2.08. The molecular formula is C19H39NO. The molecule has 0 aliphatic carbocycles. The van der Waals surface area contributed by atoms with Gasteiger partial charge in [0.15, 0.2) is 0 Å². The van der Waals surface area contributed by atoms with Crippen LogP contribution in [0.2, 0.25) is 0 Å². The van der Waals surface area contributed by atoms with Crippen LogP contribution in [0, 0.1) is 0 Å². The Balaban J connectivity index is 3.11. The zero-order valence-corrected chi connectivity index (χ0v) is 14.9. The maximum atomic E-state index is 11.6. The third kappa shape index (κ3) is 14.3. The van der Waals surface area contributed by atoms with Gasteiger partial charge in [-0.15, -0.1) is 0 Å². The normalized spacial score (nSPS) is 12.5. The first-order valence-corrected chi connectivity index (χ1v) is 9.42. The molecule has 0 heterocycles. The molecule has 1 atom stereocenters. The zero-order valence-electron chi connectivity index (χ0n) is 14.9. The van der Waals surface area contributed by atoms with Crippen LogP contribution in [0.4, 0.5) is 0 Å². The molecule has 0 aliphatic rings. The molecule has 0 saturated carbocycles. The molecule has 1 N–H and O–H groups in total. The lowest BCUT2D eigenvalue weighted by Crippen LogP contribution is -2.30. The van der Waals surface area contributed by atoms with Gasteiger partial charge < -0.3 is 5.32 Å². The lowest BCUT2D eigenvalue weighted by atomic mass is 10.0. The minimum atomic E-state index is 0.0299. The van der Waals surface area contributed by atoms with Crippen LogP contribution in [-0.4, -0.2) is 18.9 Å². The Morgan fingerprint density at radius 3 is 1.52 bits per heavy atom. The summed E-state index contributed by atoms with van der Waals surface area (Å²) in [5.74, 6) is 0.362. The number of likely N-dealkylation sites (N-methyl/N-ethyl adjacent to an activating group) is 1. The number of hydrogen-bond donors (Lipinski definition) is 1. The zero-order chi connectivity index (χ0) is 15.8. The van der Waals surface area contributed by atoms with E-state index in [1.807, 2.05) is 14.0 Å². The second-order valence-corrected chi connectivity index (χ2v) is 6.47. The molecule has 0 fully saturated rings. The van der Waals surface area contributed by atoms with E-state index in [-0.39, 0.29) is 6.04 Å². The summed E-state index contributed by atoms with van der Waals surface area (Å²) in [6.07, 6.45) is 18.4. The molecule has 0 aromatic rings. The van der Waals surface area contributed by atoms with Crippen molar-refractivity contribution in [3.05, 3.63) is 0 Å². The van der Waals surface area contributed by atoms with Crippen molar-refractivity contribution in [2.24, 2.45) is 0 Å². The van der Waals surface area contributed by atoms with Gasteiger partial charge in [-0.1, -0.05) is 84.0 Å². The van der Waals surface area contributed by atoms with Crippen molar-refractivity contribution >= 4 is 5.78 Å². The molecule has 0 rings (SSSR count). The Morgan fingerprint density at radius 2 is 1.14 bits per heavy atom. The molecule has 2 nitrogen and oxygen atoms in total. The van der Waals surface area contributed by atoms with Gasteiger partial charge in [0.2, 0.25) is 0 Å². The van der Waals surface area contributed by atoms with E-state index in [1.54, 1.807) is 0 Å². The molecule has 126 valence electrons. The molecule has 0 spiro atoms. The quantitative estimate of drug-likeness (QED) is 0.373. The van der Waals surface area contributed by atoms with Crippen molar-refractivity contribution in [3.8, 4) is 0 Å².